The number of nitrogens with one attached hydrogen (secondary N) is 3. The second-order valence-corrected chi connectivity index (χ2v) is 14.2. The van der Waals surface area contributed by atoms with Crippen molar-refractivity contribution < 1.29 is 4.74 Å². The van der Waals surface area contributed by atoms with E-state index in [1.54, 1.807) is 6.20 Å². The van der Waals surface area contributed by atoms with Crippen LogP contribution in [0.2, 0.25) is 0 Å². The van der Waals surface area contributed by atoms with Crippen molar-refractivity contribution in [2.45, 2.75) is 6.42 Å². The second kappa shape index (κ2) is 11.8. The van der Waals surface area contributed by atoms with Crippen molar-refractivity contribution in [3.63, 3.8) is 0 Å². The van der Waals surface area contributed by atoms with Gasteiger partial charge in [0.15, 0.2) is 0 Å². The molecule has 9 nitrogen and oxygen atoms in total. The number of ether oxygens (including phenoxy) is 1. The summed E-state index contributed by atoms with van der Waals surface area (Å²) in [7, 11) is 1.58. The highest BCUT2D eigenvalue weighted by molar-refractivity contribution is 9.10. The number of rotatable bonds is 7. The highest BCUT2D eigenvalue weighted by Gasteiger charge is 2.29. The third-order valence-electron chi connectivity index (χ3n) is 7.99. The topological polar surface area (TPSA) is 92.2 Å². The van der Waals surface area contributed by atoms with E-state index in [1.165, 1.54) is 27.3 Å². The molecule has 0 amide bonds. The second-order valence-electron chi connectivity index (χ2n) is 11.1. The smallest absolute Gasteiger partial charge is 0.229 e. The number of anilines is 5. The van der Waals surface area contributed by atoms with Crippen molar-refractivity contribution in [2.24, 2.45) is 7.05 Å². The van der Waals surface area contributed by atoms with Crippen LogP contribution in [-0.4, -0.2) is 65.9 Å². The van der Waals surface area contributed by atoms with Gasteiger partial charge in [-0.25, -0.2) is 4.98 Å². The number of halogens is 1. The molecule has 2 aliphatic rings. The highest BCUT2D eigenvalue weighted by atomic mass is 79.9. The lowest BCUT2D eigenvalue weighted by Gasteiger charge is -2.33. The number of fused-ring (bicyclic) bond motifs is 2. The molecule has 0 bridgehead atoms. The van der Waals surface area contributed by atoms with Crippen molar-refractivity contribution in [3.8, 4) is 16.9 Å². The van der Waals surface area contributed by atoms with Gasteiger partial charge in [-0.2, -0.15) is 10.1 Å². The van der Waals surface area contributed by atoms with Crippen molar-refractivity contribution in [2.75, 3.05) is 61.6 Å². The molecule has 1 saturated heterocycles. The summed E-state index contributed by atoms with van der Waals surface area (Å²) in [5, 5.41) is 18.9. The van der Waals surface area contributed by atoms with E-state index in [-0.39, 0.29) is 7.92 Å². The van der Waals surface area contributed by atoms with E-state index < -0.39 is 0 Å². The molecule has 0 aliphatic carbocycles. The molecule has 1 fully saturated rings. The molecule has 2 aliphatic heterocycles. The number of piperazine rings is 1. The molecule has 0 radical (unpaired) electrons. The molecule has 0 unspecified atom stereocenters. The van der Waals surface area contributed by atoms with Gasteiger partial charge < -0.3 is 25.6 Å². The summed E-state index contributed by atoms with van der Waals surface area (Å²) in [5.41, 5.74) is 6.59. The van der Waals surface area contributed by atoms with E-state index in [2.05, 4.69) is 109 Å². The van der Waals surface area contributed by atoms with Gasteiger partial charge >= 0.3 is 0 Å². The molecule has 3 N–H and O–H groups in total. The minimum atomic E-state index is -0.374. The van der Waals surface area contributed by atoms with Crippen LogP contribution in [0, 0.1) is 0 Å². The fourth-order valence-corrected chi connectivity index (χ4v) is 7.67. The van der Waals surface area contributed by atoms with Crippen LogP contribution in [0.15, 0.2) is 65.5 Å². The van der Waals surface area contributed by atoms with Gasteiger partial charge in [-0.15, -0.1) is 0 Å². The summed E-state index contributed by atoms with van der Waals surface area (Å²) in [5.74, 6) is 2.07. The minimum absolute atomic E-state index is 0.374. The molecule has 220 valence electrons. The van der Waals surface area contributed by atoms with E-state index in [4.69, 9.17) is 9.72 Å². The molecule has 2 aromatic heterocycles. The number of benzene rings is 3. The Bertz CT molecular complexity index is 1820. The van der Waals surface area contributed by atoms with Crippen LogP contribution in [0.3, 0.4) is 0 Å². The Kier molecular flexibility index (Phi) is 7.67. The average molecular weight is 658 g/mol. The Morgan fingerprint density at radius 2 is 1.86 bits per heavy atom. The molecule has 43 heavy (non-hydrogen) atoms. The van der Waals surface area contributed by atoms with E-state index in [0.717, 1.165) is 65.3 Å². The van der Waals surface area contributed by atoms with E-state index in [9.17, 15) is 0 Å². The summed E-state index contributed by atoms with van der Waals surface area (Å²) < 4.78 is 8.90. The zero-order valence-electron chi connectivity index (χ0n) is 24.5. The van der Waals surface area contributed by atoms with Crippen molar-refractivity contribution in [1.29, 1.82) is 0 Å². The molecule has 0 spiro atoms. The Morgan fingerprint density at radius 3 is 2.65 bits per heavy atom. The molecular formula is C32H34BrN8OP. The lowest BCUT2D eigenvalue weighted by Crippen LogP contribution is -2.44. The first-order chi connectivity index (χ1) is 21.0. The van der Waals surface area contributed by atoms with Crippen LogP contribution in [0.5, 0.6) is 5.75 Å². The Balaban J connectivity index is 1.27. The number of hydrogen-bond acceptors (Lipinski definition) is 8. The molecular weight excluding hydrogens is 623 g/mol. The van der Waals surface area contributed by atoms with Crippen LogP contribution in [0.4, 0.5) is 28.8 Å². The molecule has 11 heteroatoms. The Labute approximate surface area is 260 Å². The molecule has 3 aromatic carbocycles. The molecule has 4 heterocycles. The highest BCUT2D eigenvalue weighted by Crippen LogP contribution is 2.47. The molecule has 7 rings (SSSR count). The molecule has 0 saturated carbocycles. The standard InChI is InChI=1S/C32H34BrN8OP/c1-40-19-21(17-36-40)24-16-27(29-23(10-15-42-29)28(24)41-13-11-34-12-14-41)38-32-35-18-25(33)31(39-32)37-26-9-8-20-6-4-5-7-22(20)30(26)43(2)3/h4-9,16-19,34H,10-15H2,1-3H3,(H2,35,37,38,39). The maximum absolute atomic E-state index is 6.26. The van der Waals surface area contributed by atoms with Crippen molar-refractivity contribution in [3.05, 3.63) is 71.1 Å². The fourth-order valence-electron chi connectivity index (χ4n) is 6.09. The van der Waals surface area contributed by atoms with Gasteiger partial charge in [0.1, 0.15) is 11.6 Å². The fraction of sp³-hybridized carbons (Fsp3) is 0.281. The van der Waals surface area contributed by atoms with Gasteiger partial charge in [0.05, 0.1) is 28.7 Å². The van der Waals surface area contributed by atoms with Gasteiger partial charge in [-0.3, -0.25) is 4.68 Å². The van der Waals surface area contributed by atoms with E-state index in [0.29, 0.717) is 18.4 Å². The Morgan fingerprint density at radius 1 is 1.02 bits per heavy atom. The number of hydrogen-bond donors (Lipinski definition) is 3. The third-order valence-corrected chi connectivity index (χ3v) is 9.94. The monoisotopic (exact) mass is 656 g/mol. The average Bonchev–Trinajstić information content (AvgIpc) is 3.68. The van der Waals surface area contributed by atoms with E-state index >= 15 is 0 Å². The number of nitrogens with zero attached hydrogens (tertiary/aromatic N) is 5. The first-order valence-electron chi connectivity index (χ1n) is 14.5. The first-order valence-corrected chi connectivity index (χ1v) is 17.5. The summed E-state index contributed by atoms with van der Waals surface area (Å²) in [4.78, 5) is 12.0. The zero-order chi connectivity index (χ0) is 29.5. The summed E-state index contributed by atoms with van der Waals surface area (Å²) in [6.45, 7) is 9.04. The zero-order valence-corrected chi connectivity index (χ0v) is 27.0. The Hall–Kier alpha value is -3.72. The van der Waals surface area contributed by atoms with Crippen LogP contribution >= 0.6 is 23.9 Å². The van der Waals surface area contributed by atoms with Crippen LogP contribution in [0.25, 0.3) is 21.9 Å². The van der Waals surface area contributed by atoms with E-state index in [1.807, 2.05) is 17.9 Å². The predicted molar refractivity (Wildman–Crippen MR) is 182 cm³/mol. The van der Waals surface area contributed by atoms with Gasteiger partial charge in [-0.05, 0) is 52.2 Å². The van der Waals surface area contributed by atoms with Crippen molar-refractivity contribution in [1.82, 2.24) is 25.1 Å². The predicted octanol–water partition coefficient (Wildman–Crippen LogP) is 5.99. The SMILES string of the molecule is Cn1cc(-c2cc(Nc3ncc(Br)c(Nc4ccc5ccccc5c4P(C)C)n3)c3c(c2N2CCNCC2)CCO3)cn1. The van der Waals surface area contributed by atoms with Crippen LogP contribution in [-0.2, 0) is 13.5 Å². The number of aryl methyl sites for hydroxylation is 1. The summed E-state index contributed by atoms with van der Waals surface area (Å²) >= 11 is 3.68. The first kappa shape index (κ1) is 28.1. The van der Waals surface area contributed by atoms with Gasteiger partial charge in [0, 0.05) is 79.7 Å². The lowest BCUT2D eigenvalue weighted by molar-refractivity contribution is 0.358. The largest absolute Gasteiger partial charge is 0.491 e. The lowest BCUT2D eigenvalue weighted by atomic mass is 9.97. The van der Waals surface area contributed by atoms with Gasteiger partial charge in [-0.1, -0.05) is 38.3 Å². The van der Waals surface area contributed by atoms with Gasteiger partial charge in [0.2, 0.25) is 5.95 Å². The summed E-state index contributed by atoms with van der Waals surface area (Å²) in [6.07, 6.45) is 6.65. The quantitative estimate of drug-likeness (QED) is 0.184. The third kappa shape index (κ3) is 5.44. The van der Waals surface area contributed by atoms with Gasteiger partial charge in [0.25, 0.3) is 0 Å². The number of aromatic nitrogens is 4. The summed E-state index contributed by atoms with van der Waals surface area (Å²) in [6, 6.07) is 15.0. The van der Waals surface area contributed by atoms with Crippen LogP contribution < -0.4 is 30.9 Å². The normalized spacial score (nSPS) is 14.7. The maximum atomic E-state index is 6.26. The maximum Gasteiger partial charge on any atom is 0.229 e. The minimum Gasteiger partial charge on any atom is -0.491 e. The molecule has 5 aromatic rings. The van der Waals surface area contributed by atoms with Crippen LogP contribution in [0.1, 0.15) is 5.56 Å². The molecule has 0 atom stereocenters. The van der Waals surface area contributed by atoms with Crippen molar-refractivity contribution >= 4 is 68.8 Å².